The predicted octanol–water partition coefficient (Wildman–Crippen LogP) is 2.64. The molecule has 0 fully saturated rings. The molecule has 2 aromatic rings. The summed E-state index contributed by atoms with van der Waals surface area (Å²) in [5, 5.41) is 10.1. The highest BCUT2D eigenvalue weighted by Gasteiger charge is 2.15. The van der Waals surface area contributed by atoms with E-state index in [9.17, 15) is 8.42 Å². The maximum atomic E-state index is 12.2. The van der Waals surface area contributed by atoms with Crippen LogP contribution in [0, 0.1) is 6.92 Å². The number of aryl methyl sites for hydroxylation is 1. The van der Waals surface area contributed by atoms with Gasteiger partial charge in [-0.15, -0.1) is 0 Å². The Morgan fingerprint density at radius 3 is 2.44 bits per heavy atom. The van der Waals surface area contributed by atoms with Crippen LogP contribution in [0.15, 0.2) is 60.0 Å². The topological polar surface area (TPSA) is 75.6 Å². The minimum atomic E-state index is -3.59. The molecule has 5 nitrogen and oxygen atoms in total. The van der Waals surface area contributed by atoms with Gasteiger partial charge in [0.25, 0.3) is 0 Å². The zero-order chi connectivity index (χ0) is 18.1. The van der Waals surface area contributed by atoms with E-state index >= 15 is 0 Å². The van der Waals surface area contributed by atoms with Crippen molar-refractivity contribution in [1.82, 2.24) is 4.72 Å². The van der Waals surface area contributed by atoms with E-state index in [2.05, 4.69) is 4.72 Å². The lowest BCUT2D eigenvalue weighted by Crippen LogP contribution is -2.28. The molecule has 1 unspecified atom stereocenters. The average Bonchev–Trinajstić information content (AvgIpc) is 2.62. The standard InChI is InChI=1S/C19H23NO4S/c1-16-7-9-18(10-8-16)19(24-13-12-21)15-20-25(22,23)14-11-17-5-3-2-4-6-17/h2-11,14,19-21H,12-13,15H2,1H3/b14-11+. The number of aliphatic hydroxyl groups is 1. The largest absolute Gasteiger partial charge is 0.394 e. The van der Waals surface area contributed by atoms with Crippen LogP contribution in [0.2, 0.25) is 0 Å². The zero-order valence-electron chi connectivity index (χ0n) is 14.1. The van der Waals surface area contributed by atoms with Crippen LogP contribution in [0.25, 0.3) is 6.08 Å². The summed E-state index contributed by atoms with van der Waals surface area (Å²) in [5.41, 5.74) is 2.77. The lowest BCUT2D eigenvalue weighted by molar-refractivity contribution is 0.0309. The number of aliphatic hydroxyl groups excluding tert-OH is 1. The van der Waals surface area contributed by atoms with Crippen LogP contribution in [0.5, 0.6) is 0 Å². The van der Waals surface area contributed by atoms with E-state index in [1.807, 2.05) is 61.5 Å². The Bertz CT molecular complexity index is 771. The molecule has 0 saturated carbocycles. The van der Waals surface area contributed by atoms with E-state index in [0.29, 0.717) is 0 Å². The quantitative estimate of drug-likeness (QED) is 0.720. The second-order valence-corrected chi connectivity index (χ2v) is 7.25. The van der Waals surface area contributed by atoms with Gasteiger partial charge < -0.3 is 9.84 Å². The fourth-order valence-electron chi connectivity index (χ4n) is 2.22. The molecule has 0 saturated heterocycles. The van der Waals surface area contributed by atoms with Crippen LogP contribution < -0.4 is 4.72 Å². The normalized spacial score (nSPS) is 13.2. The number of benzene rings is 2. The van der Waals surface area contributed by atoms with Gasteiger partial charge in [-0.2, -0.15) is 0 Å². The maximum absolute atomic E-state index is 12.2. The van der Waals surface area contributed by atoms with Gasteiger partial charge in [-0.3, -0.25) is 0 Å². The molecular formula is C19H23NO4S. The molecule has 0 spiro atoms. The van der Waals surface area contributed by atoms with Gasteiger partial charge in [0.15, 0.2) is 0 Å². The highest BCUT2D eigenvalue weighted by atomic mass is 32.2. The second kappa shape index (κ2) is 9.48. The van der Waals surface area contributed by atoms with Gasteiger partial charge in [-0.05, 0) is 24.1 Å². The summed E-state index contributed by atoms with van der Waals surface area (Å²) in [6.45, 7) is 2.08. The van der Waals surface area contributed by atoms with E-state index in [-0.39, 0.29) is 19.8 Å². The summed E-state index contributed by atoms with van der Waals surface area (Å²) >= 11 is 0. The Balaban J connectivity index is 2.03. The molecule has 0 aromatic heterocycles. The van der Waals surface area contributed by atoms with Crippen LogP contribution >= 0.6 is 0 Å². The fourth-order valence-corrected chi connectivity index (χ4v) is 3.04. The monoisotopic (exact) mass is 361 g/mol. The Labute approximate surface area is 149 Å². The molecule has 25 heavy (non-hydrogen) atoms. The van der Waals surface area contributed by atoms with Gasteiger partial charge in [0.05, 0.1) is 19.3 Å². The number of ether oxygens (including phenoxy) is 1. The first-order chi connectivity index (χ1) is 12.0. The zero-order valence-corrected chi connectivity index (χ0v) is 14.9. The highest BCUT2D eigenvalue weighted by molar-refractivity contribution is 7.92. The van der Waals surface area contributed by atoms with Crippen molar-refractivity contribution >= 4 is 16.1 Å². The smallest absolute Gasteiger partial charge is 0.233 e. The van der Waals surface area contributed by atoms with Crippen molar-refractivity contribution in [1.29, 1.82) is 0 Å². The van der Waals surface area contributed by atoms with Crippen LogP contribution in [0.3, 0.4) is 0 Å². The molecule has 0 radical (unpaired) electrons. The summed E-state index contributed by atoms with van der Waals surface area (Å²) in [6.07, 6.45) is 1.07. The molecule has 134 valence electrons. The fraction of sp³-hybridized carbons (Fsp3) is 0.263. The van der Waals surface area contributed by atoms with Gasteiger partial charge in [-0.25, -0.2) is 13.1 Å². The van der Waals surface area contributed by atoms with Crippen molar-refractivity contribution in [2.24, 2.45) is 0 Å². The molecule has 1 atom stereocenters. The molecule has 0 bridgehead atoms. The molecule has 2 aromatic carbocycles. The maximum Gasteiger partial charge on any atom is 0.233 e. The van der Waals surface area contributed by atoms with Gasteiger partial charge in [0.2, 0.25) is 10.0 Å². The third kappa shape index (κ3) is 6.80. The van der Waals surface area contributed by atoms with Crippen LogP contribution in [-0.4, -0.2) is 33.3 Å². The SMILES string of the molecule is Cc1ccc(C(CNS(=O)(=O)/C=C/c2ccccc2)OCCO)cc1. The summed E-state index contributed by atoms with van der Waals surface area (Å²) in [4.78, 5) is 0. The molecule has 2 N–H and O–H groups in total. The average molecular weight is 361 g/mol. The summed E-state index contributed by atoms with van der Waals surface area (Å²) in [7, 11) is -3.59. The predicted molar refractivity (Wildman–Crippen MR) is 99.4 cm³/mol. The van der Waals surface area contributed by atoms with Crippen molar-refractivity contribution in [2.45, 2.75) is 13.0 Å². The molecule has 2 rings (SSSR count). The van der Waals surface area contributed by atoms with E-state index in [1.165, 1.54) is 6.08 Å². The number of rotatable bonds is 9. The van der Waals surface area contributed by atoms with Crippen molar-refractivity contribution in [3.05, 3.63) is 76.7 Å². The third-order valence-electron chi connectivity index (χ3n) is 3.57. The first-order valence-corrected chi connectivity index (χ1v) is 9.56. The van der Waals surface area contributed by atoms with E-state index in [1.54, 1.807) is 0 Å². The summed E-state index contributed by atoms with van der Waals surface area (Å²) < 4.78 is 32.4. The van der Waals surface area contributed by atoms with Crippen molar-refractivity contribution < 1.29 is 18.3 Å². The van der Waals surface area contributed by atoms with Crippen LogP contribution in [0.1, 0.15) is 22.8 Å². The lowest BCUT2D eigenvalue weighted by atomic mass is 10.1. The van der Waals surface area contributed by atoms with Gasteiger partial charge >= 0.3 is 0 Å². The molecule has 0 heterocycles. The summed E-state index contributed by atoms with van der Waals surface area (Å²) in [5.74, 6) is 0. The van der Waals surface area contributed by atoms with Gasteiger partial charge in [0, 0.05) is 12.0 Å². The van der Waals surface area contributed by atoms with E-state index < -0.39 is 16.1 Å². The molecule has 0 aliphatic heterocycles. The second-order valence-electron chi connectivity index (χ2n) is 5.60. The summed E-state index contributed by atoms with van der Waals surface area (Å²) in [6, 6.07) is 16.9. The Kier molecular flexibility index (Phi) is 7.33. The minimum absolute atomic E-state index is 0.0878. The van der Waals surface area contributed by atoms with Crippen molar-refractivity contribution in [2.75, 3.05) is 19.8 Å². The number of hydrogen-bond donors (Lipinski definition) is 2. The number of sulfonamides is 1. The Morgan fingerprint density at radius 1 is 1.12 bits per heavy atom. The van der Waals surface area contributed by atoms with E-state index in [4.69, 9.17) is 9.84 Å². The first-order valence-electron chi connectivity index (χ1n) is 8.02. The Hall–Kier alpha value is -1.99. The molecule has 0 aliphatic rings. The first kappa shape index (κ1) is 19.3. The van der Waals surface area contributed by atoms with Crippen molar-refractivity contribution in [3.8, 4) is 0 Å². The lowest BCUT2D eigenvalue weighted by Gasteiger charge is -2.18. The number of nitrogens with one attached hydrogen (secondary N) is 1. The molecule has 0 aliphatic carbocycles. The Morgan fingerprint density at radius 2 is 1.80 bits per heavy atom. The molecular weight excluding hydrogens is 338 g/mol. The molecule has 6 heteroatoms. The van der Waals surface area contributed by atoms with Crippen molar-refractivity contribution in [3.63, 3.8) is 0 Å². The molecule has 0 amide bonds. The van der Waals surface area contributed by atoms with Gasteiger partial charge in [-0.1, -0.05) is 60.2 Å². The van der Waals surface area contributed by atoms with Crippen LogP contribution in [0.4, 0.5) is 0 Å². The highest BCUT2D eigenvalue weighted by Crippen LogP contribution is 2.17. The van der Waals surface area contributed by atoms with Gasteiger partial charge in [0.1, 0.15) is 0 Å². The van der Waals surface area contributed by atoms with Crippen LogP contribution in [-0.2, 0) is 14.8 Å². The number of hydrogen-bond acceptors (Lipinski definition) is 4. The third-order valence-corrected chi connectivity index (χ3v) is 4.63. The minimum Gasteiger partial charge on any atom is -0.394 e. The van der Waals surface area contributed by atoms with E-state index in [0.717, 1.165) is 22.1 Å².